The molecule has 2 amide bonds. The minimum atomic E-state index is -0.807. The lowest BCUT2D eigenvalue weighted by Crippen LogP contribution is -2.30. The van der Waals surface area contributed by atoms with E-state index in [4.69, 9.17) is 4.74 Å². The number of likely N-dealkylation sites (tertiary alicyclic amines) is 1. The Morgan fingerprint density at radius 2 is 1.93 bits per heavy atom. The Kier molecular flexibility index (Phi) is 6.21. The molecule has 0 spiro atoms. The fourth-order valence-corrected chi connectivity index (χ4v) is 3.21. The summed E-state index contributed by atoms with van der Waals surface area (Å²) in [5.74, 6) is -3.87. The summed E-state index contributed by atoms with van der Waals surface area (Å²) < 4.78 is 31.6. The van der Waals surface area contributed by atoms with Crippen molar-refractivity contribution < 1.29 is 27.9 Å². The van der Waals surface area contributed by atoms with Crippen LogP contribution in [0.25, 0.3) is 0 Å². The van der Waals surface area contributed by atoms with Crippen molar-refractivity contribution in [2.24, 2.45) is 5.92 Å². The first-order valence-corrected chi connectivity index (χ1v) is 9.11. The number of rotatable bonds is 6. The first kappa shape index (κ1) is 20.4. The number of carbonyl (C=O) groups is 3. The molecule has 1 aliphatic rings. The van der Waals surface area contributed by atoms with Gasteiger partial charge < -0.3 is 15.0 Å². The summed E-state index contributed by atoms with van der Waals surface area (Å²) in [6.07, 6.45) is -0.00382. The van der Waals surface area contributed by atoms with E-state index in [9.17, 15) is 23.2 Å². The standard InChI is InChI=1S/C21H20F2N2O4/c1-13(14-5-3-2-4-6-14)25-11-15(9-20(25)27)21(28)29-12-19(26)24-18-10-16(22)7-8-17(18)23/h2-8,10,13,15H,9,11-12H2,1H3,(H,24,26)/t13-,15-/m1/s1. The van der Waals surface area contributed by atoms with Crippen molar-refractivity contribution in [1.82, 2.24) is 4.90 Å². The van der Waals surface area contributed by atoms with E-state index in [2.05, 4.69) is 5.32 Å². The third-order valence-electron chi connectivity index (χ3n) is 4.79. The number of ether oxygens (including phenoxy) is 1. The van der Waals surface area contributed by atoms with Gasteiger partial charge in [-0.3, -0.25) is 14.4 Å². The van der Waals surface area contributed by atoms with Crippen molar-refractivity contribution in [2.75, 3.05) is 18.5 Å². The smallest absolute Gasteiger partial charge is 0.311 e. The fourth-order valence-electron chi connectivity index (χ4n) is 3.21. The summed E-state index contributed by atoms with van der Waals surface area (Å²) >= 11 is 0. The molecule has 8 heteroatoms. The molecule has 0 bridgehead atoms. The number of halogens is 2. The van der Waals surface area contributed by atoms with Crippen molar-refractivity contribution in [3.05, 3.63) is 65.7 Å². The molecule has 152 valence electrons. The van der Waals surface area contributed by atoms with Crippen molar-refractivity contribution in [3.63, 3.8) is 0 Å². The Morgan fingerprint density at radius 3 is 2.66 bits per heavy atom. The summed E-state index contributed by atoms with van der Waals surface area (Å²) in [6.45, 7) is 1.41. The van der Waals surface area contributed by atoms with Crippen LogP contribution in [-0.4, -0.2) is 35.8 Å². The molecule has 1 heterocycles. The summed E-state index contributed by atoms with van der Waals surface area (Å²) in [5, 5.41) is 2.15. The molecule has 1 saturated heterocycles. The predicted octanol–water partition coefficient (Wildman–Crippen LogP) is 3.06. The van der Waals surface area contributed by atoms with E-state index < -0.39 is 36.0 Å². The summed E-state index contributed by atoms with van der Waals surface area (Å²) in [5.41, 5.74) is 0.608. The number of nitrogens with zero attached hydrogens (tertiary/aromatic N) is 1. The first-order chi connectivity index (χ1) is 13.8. The van der Waals surface area contributed by atoms with Gasteiger partial charge in [-0.15, -0.1) is 0 Å². The molecule has 2 aromatic carbocycles. The highest BCUT2D eigenvalue weighted by molar-refractivity contribution is 5.93. The minimum Gasteiger partial charge on any atom is -0.455 e. The van der Waals surface area contributed by atoms with Gasteiger partial charge in [0.2, 0.25) is 5.91 Å². The third kappa shape index (κ3) is 4.96. The monoisotopic (exact) mass is 402 g/mol. The number of nitrogens with one attached hydrogen (secondary N) is 1. The molecule has 2 aromatic rings. The number of hydrogen-bond acceptors (Lipinski definition) is 4. The van der Waals surface area contributed by atoms with Crippen LogP contribution in [0, 0.1) is 17.6 Å². The van der Waals surface area contributed by atoms with Crippen LogP contribution >= 0.6 is 0 Å². The molecule has 0 unspecified atom stereocenters. The van der Waals surface area contributed by atoms with Crippen molar-refractivity contribution >= 4 is 23.5 Å². The summed E-state index contributed by atoms with van der Waals surface area (Å²) in [4.78, 5) is 38.0. The van der Waals surface area contributed by atoms with Gasteiger partial charge in [-0.05, 0) is 24.6 Å². The molecular formula is C21H20F2N2O4. The average molecular weight is 402 g/mol. The Morgan fingerprint density at radius 1 is 1.21 bits per heavy atom. The highest BCUT2D eigenvalue weighted by Crippen LogP contribution is 2.29. The molecule has 3 rings (SSSR count). The van der Waals surface area contributed by atoms with Crippen LogP contribution in [0.15, 0.2) is 48.5 Å². The second-order valence-electron chi connectivity index (χ2n) is 6.81. The normalized spacial score (nSPS) is 17.1. The molecule has 0 aliphatic carbocycles. The maximum atomic E-state index is 13.5. The van der Waals surface area contributed by atoms with Gasteiger partial charge in [-0.1, -0.05) is 30.3 Å². The predicted molar refractivity (Wildman–Crippen MR) is 101 cm³/mol. The second kappa shape index (κ2) is 8.81. The van der Waals surface area contributed by atoms with E-state index in [0.29, 0.717) is 0 Å². The zero-order chi connectivity index (χ0) is 21.0. The number of carbonyl (C=O) groups excluding carboxylic acids is 3. The molecular weight excluding hydrogens is 382 g/mol. The topological polar surface area (TPSA) is 75.7 Å². The van der Waals surface area contributed by atoms with Crippen LogP contribution in [0.2, 0.25) is 0 Å². The lowest BCUT2D eigenvalue weighted by atomic mass is 10.1. The molecule has 0 radical (unpaired) electrons. The van der Waals surface area contributed by atoms with Crippen LogP contribution in [0.3, 0.4) is 0 Å². The number of hydrogen-bond donors (Lipinski definition) is 1. The SMILES string of the molecule is C[C@H](c1ccccc1)N1C[C@H](C(=O)OCC(=O)Nc2cc(F)ccc2F)CC1=O. The van der Waals surface area contributed by atoms with Gasteiger partial charge >= 0.3 is 5.97 Å². The van der Waals surface area contributed by atoms with Crippen LogP contribution in [0.1, 0.15) is 24.9 Å². The first-order valence-electron chi connectivity index (χ1n) is 9.11. The van der Waals surface area contributed by atoms with Crippen molar-refractivity contribution in [3.8, 4) is 0 Å². The van der Waals surface area contributed by atoms with E-state index in [-0.39, 0.29) is 30.6 Å². The van der Waals surface area contributed by atoms with Gasteiger partial charge in [0.25, 0.3) is 5.91 Å². The van der Waals surface area contributed by atoms with Crippen LogP contribution < -0.4 is 5.32 Å². The molecule has 1 aliphatic heterocycles. The molecule has 0 saturated carbocycles. The third-order valence-corrected chi connectivity index (χ3v) is 4.79. The van der Waals surface area contributed by atoms with Gasteiger partial charge in [0.15, 0.2) is 6.61 Å². The van der Waals surface area contributed by atoms with Gasteiger partial charge in [-0.2, -0.15) is 0 Å². The van der Waals surface area contributed by atoms with Gasteiger partial charge in [0.05, 0.1) is 17.6 Å². The minimum absolute atomic E-state index is 0.00382. The number of esters is 1. The Hall–Kier alpha value is -3.29. The average Bonchev–Trinajstić information content (AvgIpc) is 3.10. The van der Waals surface area contributed by atoms with Crippen LogP contribution in [0.4, 0.5) is 14.5 Å². The van der Waals surface area contributed by atoms with Crippen LogP contribution in [0.5, 0.6) is 0 Å². The van der Waals surface area contributed by atoms with Gasteiger partial charge in [0, 0.05) is 19.0 Å². The van der Waals surface area contributed by atoms with E-state index in [1.807, 2.05) is 37.3 Å². The van der Waals surface area contributed by atoms with Crippen LogP contribution in [-0.2, 0) is 19.1 Å². The quantitative estimate of drug-likeness (QED) is 0.754. The molecule has 1 N–H and O–H groups in total. The summed E-state index contributed by atoms with van der Waals surface area (Å²) in [7, 11) is 0. The Labute approximate surface area is 166 Å². The largest absolute Gasteiger partial charge is 0.455 e. The number of benzene rings is 2. The lowest BCUT2D eigenvalue weighted by molar-refractivity contribution is -0.151. The van der Waals surface area contributed by atoms with E-state index in [1.54, 1.807) is 4.90 Å². The van der Waals surface area contributed by atoms with Gasteiger partial charge in [0.1, 0.15) is 11.6 Å². The molecule has 1 fully saturated rings. The number of amides is 2. The van der Waals surface area contributed by atoms with Crippen molar-refractivity contribution in [1.29, 1.82) is 0 Å². The maximum absolute atomic E-state index is 13.5. The highest BCUT2D eigenvalue weighted by atomic mass is 19.1. The fraction of sp³-hybridized carbons (Fsp3) is 0.286. The van der Waals surface area contributed by atoms with E-state index >= 15 is 0 Å². The maximum Gasteiger partial charge on any atom is 0.311 e. The Balaban J connectivity index is 1.53. The Bertz CT molecular complexity index is 920. The zero-order valence-electron chi connectivity index (χ0n) is 15.7. The molecule has 2 atom stereocenters. The van der Waals surface area contributed by atoms with E-state index in [0.717, 1.165) is 23.8 Å². The lowest BCUT2D eigenvalue weighted by Gasteiger charge is -2.25. The molecule has 29 heavy (non-hydrogen) atoms. The van der Waals surface area contributed by atoms with E-state index in [1.165, 1.54) is 0 Å². The molecule has 0 aromatic heterocycles. The van der Waals surface area contributed by atoms with Crippen molar-refractivity contribution in [2.45, 2.75) is 19.4 Å². The summed E-state index contributed by atoms with van der Waals surface area (Å²) in [6, 6.07) is 11.9. The zero-order valence-corrected chi connectivity index (χ0v) is 15.7. The molecule has 6 nitrogen and oxygen atoms in total. The highest BCUT2D eigenvalue weighted by Gasteiger charge is 2.38. The number of anilines is 1. The van der Waals surface area contributed by atoms with Gasteiger partial charge in [-0.25, -0.2) is 8.78 Å². The second-order valence-corrected chi connectivity index (χ2v) is 6.81.